The summed E-state index contributed by atoms with van der Waals surface area (Å²) in [6, 6.07) is 20.3. The van der Waals surface area contributed by atoms with E-state index in [0.29, 0.717) is 39.3 Å². The molecule has 0 fully saturated rings. The van der Waals surface area contributed by atoms with Crippen LogP contribution in [0.1, 0.15) is 21.6 Å². The van der Waals surface area contributed by atoms with Crippen LogP contribution < -0.4 is 20.3 Å². The van der Waals surface area contributed by atoms with E-state index < -0.39 is 23.4 Å². The lowest BCUT2D eigenvalue weighted by atomic mass is 10.1. The standard InChI is InChI=1S/C30H27FN4O5/c1-18-28(30(38)35(34-18)20-6-4-3-5-7-20)29(37)33-17-21(36)14-19-8-11-27(24(31)15-19)40-26-12-13-32-25-16-22(39-2)9-10-23(25)26/h3-13,15-16,21,34,36H,14,17H2,1-2H3,(H,33,37). The van der Waals surface area contributed by atoms with Gasteiger partial charge in [0.05, 0.1) is 24.4 Å². The maximum Gasteiger partial charge on any atom is 0.284 e. The van der Waals surface area contributed by atoms with Crippen molar-refractivity contribution >= 4 is 16.8 Å². The number of nitrogens with zero attached hydrogens (tertiary/aromatic N) is 2. The van der Waals surface area contributed by atoms with Crippen LogP contribution in [0.5, 0.6) is 17.2 Å². The van der Waals surface area contributed by atoms with Gasteiger partial charge in [0, 0.05) is 36.3 Å². The minimum atomic E-state index is -1.01. The number of ether oxygens (including phenoxy) is 2. The number of aryl methyl sites for hydroxylation is 1. The highest BCUT2D eigenvalue weighted by atomic mass is 19.1. The van der Waals surface area contributed by atoms with Crippen molar-refractivity contribution in [3.05, 3.63) is 112 Å². The molecular formula is C30H27FN4O5. The number of fused-ring (bicyclic) bond motifs is 1. The number of benzene rings is 3. The zero-order valence-corrected chi connectivity index (χ0v) is 21.8. The number of hydrogen-bond acceptors (Lipinski definition) is 6. The normalized spacial score (nSPS) is 11.8. The molecule has 0 spiro atoms. The molecule has 3 N–H and O–H groups in total. The maximum absolute atomic E-state index is 14.9. The Balaban J connectivity index is 1.22. The van der Waals surface area contributed by atoms with Crippen molar-refractivity contribution in [1.29, 1.82) is 0 Å². The fraction of sp³-hybridized carbons (Fsp3) is 0.167. The number of rotatable bonds is 9. The third kappa shape index (κ3) is 5.57. The van der Waals surface area contributed by atoms with Gasteiger partial charge in [-0.2, -0.15) is 0 Å². The number of aromatic amines is 1. The van der Waals surface area contributed by atoms with E-state index >= 15 is 0 Å². The average molecular weight is 543 g/mol. The van der Waals surface area contributed by atoms with Gasteiger partial charge in [-0.05, 0) is 55.0 Å². The molecule has 2 heterocycles. The largest absolute Gasteiger partial charge is 0.497 e. The summed E-state index contributed by atoms with van der Waals surface area (Å²) in [6.07, 6.45) is 0.639. The lowest BCUT2D eigenvalue weighted by Gasteiger charge is -2.14. The maximum atomic E-state index is 14.9. The van der Waals surface area contributed by atoms with E-state index in [9.17, 15) is 19.1 Å². The minimum absolute atomic E-state index is 0.0208. The number of aromatic nitrogens is 3. The summed E-state index contributed by atoms with van der Waals surface area (Å²) in [4.78, 5) is 29.9. The molecule has 0 aliphatic rings. The molecule has 2 aromatic heterocycles. The SMILES string of the molecule is COc1ccc2c(Oc3ccc(CC(O)CNC(=O)c4c(C)[nH]n(-c5ccccc5)c4=O)cc3F)ccnc2c1. The van der Waals surface area contributed by atoms with Gasteiger partial charge in [-0.25, -0.2) is 9.07 Å². The summed E-state index contributed by atoms with van der Waals surface area (Å²) < 4.78 is 27.3. The second-order valence-electron chi connectivity index (χ2n) is 9.21. The van der Waals surface area contributed by atoms with Gasteiger partial charge in [0.1, 0.15) is 17.1 Å². The molecular weight excluding hydrogens is 515 g/mol. The van der Waals surface area contributed by atoms with Crippen molar-refractivity contribution in [3.8, 4) is 22.9 Å². The molecule has 0 saturated heterocycles. The highest BCUT2D eigenvalue weighted by Gasteiger charge is 2.20. The van der Waals surface area contributed by atoms with Crippen LogP contribution in [0, 0.1) is 12.7 Å². The molecule has 3 aromatic carbocycles. The number of carbonyl (C=O) groups is 1. The summed E-state index contributed by atoms with van der Waals surface area (Å²) in [5, 5.41) is 16.7. The molecule has 40 heavy (non-hydrogen) atoms. The number of pyridine rings is 1. The first-order valence-corrected chi connectivity index (χ1v) is 12.6. The minimum Gasteiger partial charge on any atom is -0.497 e. The molecule has 0 saturated carbocycles. The van der Waals surface area contributed by atoms with Crippen molar-refractivity contribution < 1.29 is 23.8 Å². The fourth-order valence-corrected chi connectivity index (χ4v) is 4.41. The van der Waals surface area contributed by atoms with Crippen LogP contribution in [-0.4, -0.2) is 45.5 Å². The lowest BCUT2D eigenvalue weighted by Crippen LogP contribution is -2.36. The van der Waals surface area contributed by atoms with Gasteiger partial charge in [0.15, 0.2) is 11.6 Å². The predicted molar refractivity (Wildman–Crippen MR) is 148 cm³/mol. The van der Waals surface area contributed by atoms with Gasteiger partial charge < -0.3 is 19.9 Å². The number of H-pyrrole nitrogens is 1. The van der Waals surface area contributed by atoms with Crippen molar-refractivity contribution in [2.24, 2.45) is 0 Å². The third-order valence-corrected chi connectivity index (χ3v) is 6.41. The Morgan fingerprint density at radius 2 is 1.90 bits per heavy atom. The van der Waals surface area contributed by atoms with Crippen LogP contribution in [0.3, 0.4) is 0 Å². The van der Waals surface area contributed by atoms with Gasteiger partial charge in [0.25, 0.3) is 11.5 Å². The van der Waals surface area contributed by atoms with E-state index in [2.05, 4.69) is 15.4 Å². The van der Waals surface area contributed by atoms with Crippen molar-refractivity contribution in [2.45, 2.75) is 19.4 Å². The van der Waals surface area contributed by atoms with E-state index in [1.807, 2.05) is 6.07 Å². The number of methoxy groups -OCH3 is 1. The number of nitrogens with one attached hydrogen (secondary N) is 2. The molecule has 1 atom stereocenters. The molecule has 0 radical (unpaired) electrons. The van der Waals surface area contributed by atoms with Crippen LogP contribution >= 0.6 is 0 Å². The first-order chi connectivity index (χ1) is 19.3. The van der Waals surface area contributed by atoms with E-state index in [1.54, 1.807) is 74.8 Å². The smallest absolute Gasteiger partial charge is 0.284 e. The predicted octanol–water partition coefficient (Wildman–Crippen LogP) is 4.30. The van der Waals surface area contributed by atoms with Crippen molar-refractivity contribution in [2.75, 3.05) is 13.7 Å². The first kappa shape index (κ1) is 26.6. The van der Waals surface area contributed by atoms with Crippen LogP contribution in [0.15, 0.2) is 83.8 Å². The van der Waals surface area contributed by atoms with E-state index in [-0.39, 0.29) is 24.3 Å². The number of aliphatic hydroxyl groups excluding tert-OH is 1. The van der Waals surface area contributed by atoms with Gasteiger partial charge in [-0.15, -0.1) is 0 Å². The molecule has 1 amide bonds. The Kier molecular flexibility index (Phi) is 7.61. The van der Waals surface area contributed by atoms with Crippen LogP contribution in [0.2, 0.25) is 0 Å². The summed E-state index contributed by atoms with van der Waals surface area (Å²) in [5.74, 6) is -0.0999. The highest BCUT2D eigenvalue weighted by molar-refractivity contribution is 5.95. The Morgan fingerprint density at radius 3 is 2.65 bits per heavy atom. The van der Waals surface area contributed by atoms with E-state index in [0.717, 1.165) is 0 Å². The second-order valence-corrected chi connectivity index (χ2v) is 9.21. The molecule has 5 rings (SSSR count). The summed E-state index contributed by atoms with van der Waals surface area (Å²) >= 11 is 0. The van der Waals surface area contributed by atoms with Gasteiger partial charge >= 0.3 is 0 Å². The zero-order valence-electron chi connectivity index (χ0n) is 21.8. The topological polar surface area (TPSA) is 118 Å². The number of hydrogen-bond donors (Lipinski definition) is 3. The number of halogens is 1. The zero-order chi connectivity index (χ0) is 28.2. The summed E-state index contributed by atoms with van der Waals surface area (Å²) in [6.45, 7) is 1.50. The van der Waals surface area contributed by atoms with Gasteiger partial charge in [-0.1, -0.05) is 24.3 Å². The molecule has 10 heteroatoms. The van der Waals surface area contributed by atoms with Crippen LogP contribution in [-0.2, 0) is 6.42 Å². The van der Waals surface area contributed by atoms with Crippen molar-refractivity contribution in [3.63, 3.8) is 0 Å². The molecule has 204 valence electrons. The molecule has 0 bridgehead atoms. The molecule has 0 aliphatic heterocycles. The highest BCUT2D eigenvalue weighted by Crippen LogP contribution is 2.32. The Hall–Kier alpha value is -4.96. The Bertz CT molecular complexity index is 1730. The van der Waals surface area contributed by atoms with E-state index in [1.165, 1.54) is 16.8 Å². The van der Waals surface area contributed by atoms with Crippen molar-refractivity contribution in [1.82, 2.24) is 20.1 Å². The monoisotopic (exact) mass is 542 g/mol. The molecule has 1 unspecified atom stereocenters. The molecule has 0 aliphatic carbocycles. The van der Waals surface area contributed by atoms with Gasteiger partial charge in [-0.3, -0.25) is 19.7 Å². The molecule has 5 aromatic rings. The fourth-order valence-electron chi connectivity index (χ4n) is 4.41. The van der Waals surface area contributed by atoms with Crippen LogP contribution in [0.25, 0.3) is 16.6 Å². The second kappa shape index (κ2) is 11.4. The molecule has 9 nitrogen and oxygen atoms in total. The summed E-state index contributed by atoms with van der Waals surface area (Å²) in [5.41, 5.74) is 1.63. The number of aliphatic hydroxyl groups is 1. The van der Waals surface area contributed by atoms with Gasteiger partial charge in [0.2, 0.25) is 0 Å². The third-order valence-electron chi connectivity index (χ3n) is 6.41. The Labute approximate surface area is 228 Å². The number of para-hydroxylation sites is 1. The number of carbonyl (C=O) groups excluding carboxylic acids is 1. The quantitative estimate of drug-likeness (QED) is 0.256. The average Bonchev–Trinajstić information content (AvgIpc) is 3.26. The Morgan fingerprint density at radius 1 is 1.10 bits per heavy atom. The number of amides is 1. The lowest BCUT2D eigenvalue weighted by molar-refractivity contribution is 0.0914. The van der Waals surface area contributed by atoms with E-state index in [4.69, 9.17) is 9.47 Å². The summed E-state index contributed by atoms with van der Waals surface area (Å²) in [7, 11) is 1.56. The van der Waals surface area contributed by atoms with Crippen LogP contribution in [0.4, 0.5) is 4.39 Å². The first-order valence-electron chi connectivity index (χ1n) is 12.6.